The molecule has 2 N–H and O–H groups in total. The first-order chi connectivity index (χ1) is 12.7. The fourth-order valence-corrected chi connectivity index (χ4v) is 3.62. The maximum Gasteiger partial charge on any atom is 0.191 e. The molecule has 2 fully saturated rings. The minimum absolute atomic E-state index is 0.212. The third kappa shape index (κ3) is 4.59. The highest BCUT2D eigenvalue weighted by atomic mass is 16.5. The van der Waals surface area contributed by atoms with Gasteiger partial charge in [-0.05, 0) is 37.1 Å². The van der Waals surface area contributed by atoms with Gasteiger partial charge in [0.1, 0.15) is 0 Å². The van der Waals surface area contributed by atoms with Crippen molar-refractivity contribution in [3.63, 3.8) is 0 Å². The van der Waals surface area contributed by atoms with E-state index in [1.54, 1.807) is 21.3 Å². The number of hydrogen-bond acceptors (Lipinski definition) is 5. The van der Waals surface area contributed by atoms with Gasteiger partial charge in [-0.3, -0.25) is 9.89 Å². The highest BCUT2D eigenvalue weighted by Gasteiger charge is 2.32. The average molecular weight is 362 g/mol. The Balaban J connectivity index is 1.46. The number of ether oxygens (including phenoxy) is 3. The van der Waals surface area contributed by atoms with Gasteiger partial charge in [0, 0.05) is 32.7 Å². The van der Waals surface area contributed by atoms with Crippen LogP contribution in [0.4, 0.5) is 0 Å². The molecule has 3 rings (SSSR count). The molecule has 0 spiro atoms. The Morgan fingerprint density at radius 2 is 2.12 bits per heavy atom. The molecule has 2 atom stereocenters. The van der Waals surface area contributed by atoms with Crippen LogP contribution < -0.4 is 20.1 Å². The normalized spacial score (nSPS) is 23.4. The molecule has 0 radical (unpaired) electrons. The lowest BCUT2D eigenvalue weighted by Gasteiger charge is -2.35. The Kier molecular flexibility index (Phi) is 6.57. The summed E-state index contributed by atoms with van der Waals surface area (Å²) in [6.07, 6.45) is 2.78. The zero-order valence-corrected chi connectivity index (χ0v) is 16.0. The Morgan fingerprint density at radius 3 is 2.88 bits per heavy atom. The van der Waals surface area contributed by atoms with Crippen molar-refractivity contribution in [3.05, 3.63) is 23.8 Å². The van der Waals surface area contributed by atoms with Crippen LogP contribution in [0.25, 0.3) is 0 Å². The summed E-state index contributed by atoms with van der Waals surface area (Å²) in [5.74, 6) is 2.23. The van der Waals surface area contributed by atoms with E-state index in [2.05, 4.69) is 20.5 Å². The number of rotatable bonds is 6. The third-order valence-corrected chi connectivity index (χ3v) is 5.09. The smallest absolute Gasteiger partial charge is 0.191 e. The van der Waals surface area contributed by atoms with E-state index in [4.69, 9.17) is 14.2 Å². The Bertz CT molecular complexity index is 623. The second kappa shape index (κ2) is 9.09. The van der Waals surface area contributed by atoms with Gasteiger partial charge in [0.25, 0.3) is 0 Å². The van der Waals surface area contributed by atoms with Crippen molar-refractivity contribution in [2.75, 3.05) is 47.5 Å². The van der Waals surface area contributed by atoms with Gasteiger partial charge in [-0.25, -0.2) is 0 Å². The Morgan fingerprint density at radius 1 is 1.27 bits per heavy atom. The maximum absolute atomic E-state index is 5.99. The molecular formula is C19H30N4O3. The lowest BCUT2D eigenvalue weighted by Crippen LogP contribution is -2.51. The van der Waals surface area contributed by atoms with Gasteiger partial charge in [-0.15, -0.1) is 0 Å². The number of hydrogen-bond donors (Lipinski definition) is 2. The van der Waals surface area contributed by atoms with Crippen molar-refractivity contribution < 1.29 is 14.2 Å². The SMILES string of the molecule is CN=C(NCc1ccc(OC)c(OC)c1)NCC1CN2CCCC2CO1. The lowest BCUT2D eigenvalue weighted by atomic mass is 10.2. The number of nitrogens with zero attached hydrogens (tertiary/aromatic N) is 2. The molecule has 1 aromatic rings. The Hall–Kier alpha value is -1.99. The zero-order valence-electron chi connectivity index (χ0n) is 16.0. The standard InChI is InChI=1S/C19H30N4O3/c1-20-19(21-10-14-6-7-17(24-2)18(9-14)25-3)22-11-16-12-23-8-4-5-15(23)13-26-16/h6-7,9,15-16H,4-5,8,10-13H2,1-3H3,(H2,20,21,22). The summed E-state index contributed by atoms with van der Waals surface area (Å²) < 4.78 is 16.6. The van der Waals surface area contributed by atoms with Gasteiger partial charge in [-0.2, -0.15) is 0 Å². The molecule has 26 heavy (non-hydrogen) atoms. The van der Waals surface area contributed by atoms with Gasteiger partial charge in [-0.1, -0.05) is 6.07 Å². The van der Waals surface area contributed by atoms with Crippen molar-refractivity contribution in [2.45, 2.75) is 31.5 Å². The second-order valence-corrected chi connectivity index (χ2v) is 6.74. The topological polar surface area (TPSA) is 67.4 Å². The van der Waals surface area contributed by atoms with Crippen LogP contribution in [0.2, 0.25) is 0 Å². The van der Waals surface area contributed by atoms with Crippen molar-refractivity contribution in [2.24, 2.45) is 4.99 Å². The summed E-state index contributed by atoms with van der Waals surface area (Å²) in [5, 5.41) is 6.71. The summed E-state index contributed by atoms with van der Waals surface area (Å²) in [6.45, 7) is 4.47. The molecular weight excluding hydrogens is 332 g/mol. The van der Waals surface area contributed by atoms with Crippen molar-refractivity contribution in [1.82, 2.24) is 15.5 Å². The zero-order chi connectivity index (χ0) is 18.4. The monoisotopic (exact) mass is 362 g/mol. The van der Waals surface area contributed by atoms with E-state index in [1.165, 1.54) is 19.4 Å². The number of methoxy groups -OCH3 is 2. The number of guanidine groups is 1. The van der Waals surface area contributed by atoms with Gasteiger partial charge < -0.3 is 24.8 Å². The van der Waals surface area contributed by atoms with Gasteiger partial charge >= 0.3 is 0 Å². The van der Waals surface area contributed by atoms with Crippen LogP contribution in [-0.4, -0.2) is 70.5 Å². The number of fused-ring (bicyclic) bond motifs is 1. The van der Waals surface area contributed by atoms with Gasteiger partial charge in [0.2, 0.25) is 0 Å². The van der Waals surface area contributed by atoms with Gasteiger partial charge in [0.05, 0.1) is 26.9 Å². The third-order valence-electron chi connectivity index (χ3n) is 5.09. The van der Waals surface area contributed by atoms with Crippen molar-refractivity contribution >= 4 is 5.96 Å². The molecule has 0 amide bonds. The van der Waals surface area contributed by atoms with E-state index >= 15 is 0 Å². The lowest BCUT2D eigenvalue weighted by molar-refractivity contribution is -0.0453. The average Bonchev–Trinajstić information content (AvgIpc) is 3.15. The summed E-state index contributed by atoms with van der Waals surface area (Å²) >= 11 is 0. The van der Waals surface area contributed by atoms with Gasteiger partial charge in [0.15, 0.2) is 17.5 Å². The Labute approximate surface area is 155 Å². The summed E-state index contributed by atoms with van der Waals surface area (Å²) in [6, 6.07) is 6.53. The molecule has 7 nitrogen and oxygen atoms in total. The van der Waals surface area contributed by atoms with E-state index in [0.717, 1.165) is 42.7 Å². The molecule has 2 aliphatic heterocycles. The summed E-state index contributed by atoms with van der Waals surface area (Å²) in [5.41, 5.74) is 1.10. The van der Waals surface area contributed by atoms with Crippen LogP contribution in [0.1, 0.15) is 18.4 Å². The molecule has 2 saturated heterocycles. The maximum atomic E-state index is 5.99. The quantitative estimate of drug-likeness (QED) is 0.586. The van der Waals surface area contributed by atoms with Crippen LogP contribution in [-0.2, 0) is 11.3 Å². The van der Waals surface area contributed by atoms with E-state index in [1.807, 2.05) is 18.2 Å². The number of benzene rings is 1. The van der Waals surface area contributed by atoms with Crippen LogP contribution in [0, 0.1) is 0 Å². The first-order valence-electron chi connectivity index (χ1n) is 9.24. The fraction of sp³-hybridized carbons (Fsp3) is 0.632. The van der Waals surface area contributed by atoms with E-state index < -0.39 is 0 Å². The van der Waals surface area contributed by atoms with E-state index in [9.17, 15) is 0 Å². The van der Waals surface area contributed by atoms with Crippen LogP contribution >= 0.6 is 0 Å². The first kappa shape index (κ1) is 18.8. The second-order valence-electron chi connectivity index (χ2n) is 6.74. The van der Waals surface area contributed by atoms with Crippen molar-refractivity contribution in [3.8, 4) is 11.5 Å². The molecule has 7 heteroatoms. The molecule has 0 bridgehead atoms. The highest BCUT2D eigenvalue weighted by molar-refractivity contribution is 5.79. The molecule has 0 aliphatic carbocycles. The minimum atomic E-state index is 0.212. The van der Waals surface area contributed by atoms with Crippen LogP contribution in [0.5, 0.6) is 11.5 Å². The fourth-order valence-electron chi connectivity index (χ4n) is 3.62. The molecule has 2 unspecified atom stereocenters. The highest BCUT2D eigenvalue weighted by Crippen LogP contribution is 2.27. The summed E-state index contributed by atoms with van der Waals surface area (Å²) in [7, 11) is 5.06. The minimum Gasteiger partial charge on any atom is -0.493 e. The predicted octanol–water partition coefficient (Wildman–Crippen LogP) is 1.23. The van der Waals surface area contributed by atoms with Crippen LogP contribution in [0.15, 0.2) is 23.2 Å². The van der Waals surface area contributed by atoms with Crippen LogP contribution in [0.3, 0.4) is 0 Å². The molecule has 1 aromatic carbocycles. The van der Waals surface area contributed by atoms with E-state index in [-0.39, 0.29) is 6.10 Å². The van der Waals surface area contributed by atoms with E-state index in [0.29, 0.717) is 12.6 Å². The number of morpholine rings is 1. The molecule has 144 valence electrons. The number of nitrogens with one attached hydrogen (secondary N) is 2. The summed E-state index contributed by atoms with van der Waals surface area (Å²) in [4.78, 5) is 6.85. The molecule has 0 saturated carbocycles. The van der Waals surface area contributed by atoms with Crippen molar-refractivity contribution in [1.29, 1.82) is 0 Å². The largest absolute Gasteiger partial charge is 0.493 e. The predicted molar refractivity (Wildman–Crippen MR) is 102 cm³/mol. The molecule has 2 aliphatic rings. The number of aliphatic imine (C=N–C) groups is 1. The first-order valence-corrected chi connectivity index (χ1v) is 9.24. The molecule has 2 heterocycles. The molecule has 0 aromatic heterocycles.